The van der Waals surface area contributed by atoms with Gasteiger partial charge in [0.2, 0.25) is 10.0 Å². The molecule has 0 atom stereocenters. The molecule has 2 rings (SSSR count). The zero-order valence-corrected chi connectivity index (χ0v) is 14.8. The van der Waals surface area contributed by atoms with E-state index in [2.05, 4.69) is 10.0 Å². The van der Waals surface area contributed by atoms with Gasteiger partial charge in [0, 0.05) is 0 Å². The number of carbonyl (C=O) groups excluding carboxylic acids is 1. The quantitative estimate of drug-likeness (QED) is 0.750. The van der Waals surface area contributed by atoms with E-state index in [1.165, 1.54) is 0 Å². The highest BCUT2D eigenvalue weighted by atomic mass is 32.2. The van der Waals surface area contributed by atoms with Crippen LogP contribution in [0.15, 0.2) is 48.5 Å². The first kappa shape index (κ1) is 18.6. The number of rotatable bonds is 8. The van der Waals surface area contributed by atoms with Gasteiger partial charge >= 0.3 is 0 Å². The third-order valence-corrected chi connectivity index (χ3v) is 3.59. The topological polar surface area (TPSA) is 93.7 Å². The van der Waals surface area contributed by atoms with Gasteiger partial charge in [0.1, 0.15) is 0 Å². The lowest BCUT2D eigenvalue weighted by atomic mass is 10.2. The maximum atomic E-state index is 12.1. The number of carbonyl (C=O) groups is 1. The fourth-order valence-corrected chi connectivity index (χ4v) is 2.63. The number of hydrogen-bond donors (Lipinski definition) is 2. The lowest BCUT2D eigenvalue weighted by Crippen LogP contribution is -2.21. The number of sulfonamides is 1. The SMILES string of the molecule is CCOc1ccccc1OCC(=O)Nc1ccccc1NS(C)(=O)=O. The van der Waals surface area contributed by atoms with Crippen molar-refractivity contribution in [3.05, 3.63) is 48.5 Å². The van der Waals surface area contributed by atoms with Crippen molar-refractivity contribution >= 4 is 27.3 Å². The van der Waals surface area contributed by atoms with Crippen molar-refractivity contribution in [3.8, 4) is 11.5 Å². The number of hydrogen-bond acceptors (Lipinski definition) is 5. The molecule has 0 unspecified atom stereocenters. The predicted molar refractivity (Wildman–Crippen MR) is 96.6 cm³/mol. The minimum absolute atomic E-state index is 0.239. The van der Waals surface area contributed by atoms with Crippen molar-refractivity contribution in [1.29, 1.82) is 0 Å². The van der Waals surface area contributed by atoms with Crippen molar-refractivity contribution in [1.82, 2.24) is 0 Å². The Bertz CT molecular complexity index is 836. The van der Waals surface area contributed by atoms with Crippen LogP contribution >= 0.6 is 0 Å². The zero-order valence-electron chi connectivity index (χ0n) is 14.0. The molecule has 0 aliphatic rings. The van der Waals surface area contributed by atoms with E-state index in [-0.39, 0.29) is 12.3 Å². The van der Waals surface area contributed by atoms with Gasteiger partial charge in [-0.25, -0.2) is 8.42 Å². The first-order valence-corrected chi connectivity index (χ1v) is 9.49. The van der Waals surface area contributed by atoms with E-state index >= 15 is 0 Å². The van der Waals surface area contributed by atoms with Crippen LogP contribution in [0.5, 0.6) is 11.5 Å². The largest absolute Gasteiger partial charge is 0.490 e. The molecule has 0 fully saturated rings. The molecule has 8 heteroatoms. The van der Waals surface area contributed by atoms with Crippen molar-refractivity contribution < 1.29 is 22.7 Å². The summed E-state index contributed by atoms with van der Waals surface area (Å²) in [5.41, 5.74) is 0.632. The Balaban J connectivity index is 2.02. The Morgan fingerprint density at radius 2 is 1.52 bits per heavy atom. The maximum absolute atomic E-state index is 12.1. The average Bonchev–Trinajstić information content (AvgIpc) is 2.55. The van der Waals surface area contributed by atoms with E-state index in [4.69, 9.17) is 9.47 Å². The smallest absolute Gasteiger partial charge is 0.262 e. The molecular formula is C17H20N2O5S. The number of nitrogens with one attached hydrogen (secondary N) is 2. The van der Waals surface area contributed by atoms with Crippen LogP contribution in [0.25, 0.3) is 0 Å². The molecule has 0 saturated carbocycles. The van der Waals surface area contributed by atoms with Crippen molar-refractivity contribution in [3.63, 3.8) is 0 Å². The molecule has 25 heavy (non-hydrogen) atoms. The van der Waals surface area contributed by atoms with Crippen molar-refractivity contribution in [2.24, 2.45) is 0 Å². The van der Waals surface area contributed by atoms with Crippen LogP contribution in [0.3, 0.4) is 0 Å². The third-order valence-electron chi connectivity index (χ3n) is 3.00. The van der Waals surface area contributed by atoms with Gasteiger partial charge in [-0.2, -0.15) is 0 Å². The highest BCUT2D eigenvalue weighted by molar-refractivity contribution is 7.92. The molecule has 7 nitrogen and oxygen atoms in total. The minimum Gasteiger partial charge on any atom is -0.490 e. The van der Waals surface area contributed by atoms with E-state index in [1.807, 2.05) is 13.0 Å². The molecule has 1 amide bonds. The molecule has 0 bridgehead atoms. The van der Waals surface area contributed by atoms with Crippen LogP contribution in [0.2, 0.25) is 0 Å². The second kappa shape index (κ2) is 8.39. The Hall–Kier alpha value is -2.74. The Morgan fingerprint density at radius 1 is 0.960 bits per heavy atom. The van der Waals surface area contributed by atoms with E-state index in [9.17, 15) is 13.2 Å². The third kappa shape index (κ3) is 6.00. The predicted octanol–water partition coefficient (Wildman–Crippen LogP) is 2.47. The molecule has 2 aromatic carbocycles. The summed E-state index contributed by atoms with van der Waals surface area (Å²) in [5, 5.41) is 2.62. The van der Waals surface area contributed by atoms with Crippen LogP contribution in [0, 0.1) is 0 Å². The number of para-hydroxylation sites is 4. The van der Waals surface area contributed by atoms with Crippen LogP contribution in [-0.2, 0) is 14.8 Å². The monoisotopic (exact) mass is 364 g/mol. The summed E-state index contributed by atoms with van der Waals surface area (Å²) in [6.45, 7) is 2.10. The Labute approximate surface area is 147 Å². The first-order valence-electron chi connectivity index (χ1n) is 7.60. The van der Waals surface area contributed by atoms with E-state index in [0.717, 1.165) is 6.26 Å². The minimum atomic E-state index is -3.45. The molecule has 0 radical (unpaired) electrons. The second-order valence-electron chi connectivity index (χ2n) is 5.14. The van der Waals surface area contributed by atoms with E-state index in [0.29, 0.717) is 23.8 Å². The zero-order chi connectivity index (χ0) is 18.3. The highest BCUT2D eigenvalue weighted by Gasteiger charge is 2.11. The van der Waals surface area contributed by atoms with Gasteiger partial charge < -0.3 is 14.8 Å². The van der Waals surface area contributed by atoms with Gasteiger partial charge in [0.05, 0.1) is 24.2 Å². The fraction of sp³-hybridized carbons (Fsp3) is 0.235. The summed E-state index contributed by atoms with van der Waals surface area (Å²) in [7, 11) is -3.45. The number of anilines is 2. The second-order valence-corrected chi connectivity index (χ2v) is 6.88. The summed E-state index contributed by atoms with van der Waals surface area (Å²) in [6, 6.07) is 13.6. The average molecular weight is 364 g/mol. The lowest BCUT2D eigenvalue weighted by Gasteiger charge is -2.13. The highest BCUT2D eigenvalue weighted by Crippen LogP contribution is 2.26. The molecule has 0 aromatic heterocycles. The summed E-state index contributed by atoms with van der Waals surface area (Å²) < 4.78 is 36.0. The summed E-state index contributed by atoms with van der Waals surface area (Å²) in [5.74, 6) is 0.591. The molecule has 0 spiro atoms. The standard InChI is InChI=1S/C17H20N2O5S/c1-3-23-15-10-6-7-11-16(15)24-12-17(20)18-13-8-4-5-9-14(13)19-25(2,21)22/h4-11,19H,3,12H2,1-2H3,(H,18,20). The van der Waals surface area contributed by atoms with Crippen LogP contribution in [0.4, 0.5) is 11.4 Å². The van der Waals surface area contributed by atoms with E-state index < -0.39 is 15.9 Å². The molecule has 2 aromatic rings. The van der Waals surface area contributed by atoms with Gasteiger partial charge in [0.25, 0.3) is 5.91 Å². The number of ether oxygens (including phenoxy) is 2. The normalized spacial score (nSPS) is 10.8. The summed E-state index contributed by atoms with van der Waals surface area (Å²) in [4.78, 5) is 12.1. The Kier molecular flexibility index (Phi) is 6.24. The van der Waals surface area contributed by atoms with Crippen LogP contribution in [-0.4, -0.2) is 33.8 Å². The van der Waals surface area contributed by atoms with Gasteiger partial charge in [0.15, 0.2) is 18.1 Å². The fourth-order valence-electron chi connectivity index (χ4n) is 2.05. The molecular weight excluding hydrogens is 344 g/mol. The maximum Gasteiger partial charge on any atom is 0.262 e. The molecule has 2 N–H and O–H groups in total. The summed E-state index contributed by atoms with van der Waals surface area (Å²) >= 11 is 0. The van der Waals surface area contributed by atoms with Crippen LogP contribution in [0.1, 0.15) is 6.92 Å². The van der Waals surface area contributed by atoms with Gasteiger partial charge in [-0.3, -0.25) is 9.52 Å². The molecule has 0 aliphatic heterocycles. The molecule has 0 aliphatic carbocycles. The first-order chi connectivity index (χ1) is 11.9. The lowest BCUT2D eigenvalue weighted by molar-refractivity contribution is -0.118. The number of benzene rings is 2. The van der Waals surface area contributed by atoms with Crippen LogP contribution < -0.4 is 19.5 Å². The van der Waals surface area contributed by atoms with Gasteiger partial charge in [-0.1, -0.05) is 24.3 Å². The van der Waals surface area contributed by atoms with E-state index in [1.54, 1.807) is 42.5 Å². The van der Waals surface area contributed by atoms with Crippen molar-refractivity contribution in [2.75, 3.05) is 29.5 Å². The summed E-state index contributed by atoms with van der Waals surface area (Å²) in [6.07, 6.45) is 1.04. The van der Waals surface area contributed by atoms with Gasteiger partial charge in [-0.15, -0.1) is 0 Å². The molecule has 134 valence electrons. The van der Waals surface area contributed by atoms with Crippen molar-refractivity contribution in [2.45, 2.75) is 6.92 Å². The van der Waals surface area contributed by atoms with Gasteiger partial charge in [-0.05, 0) is 31.2 Å². The molecule has 0 saturated heterocycles. The number of amides is 1. The Morgan fingerprint density at radius 3 is 2.12 bits per heavy atom. The molecule has 0 heterocycles.